The fourth-order valence-electron chi connectivity index (χ4n) is 2.45. The second kappa shape index (κ2) is 7.49. The monoisotopic (exact) mass is 358 g/mol. The molecular formula is C19H16ClFN2O2. The molecule has 0 saturated carbocycles. The molecule has 1 aromatic heterocycles. The van der Waals surface area contributed by atoms with E-state index in [0.717, 1.165) is 5.39 Å². The Morgan fingerprint density at radius 2 is 1.96 bits per heavy atom. The molecule has 3 rings (SSSR count). The lowest BCUT2D eigenvalue weighted by Crippen LogP contribution is -2.31. The first-order valence-electron chi connectivity index (χ1n) is 7.69. The van der Waals surface area contributed by atoms with Gasteiger partial charge in [-0.3, -0.25) is 9.78 Å². The summed E-state index contributed by atoms with van der Waals surface area (Å²) >= 11 is 6.00. The van der Waals surface area contributed by atoms with E-state index in [1.54, 1.807) is 25.4 Å². The minimum Gasteiger partial charge on any atom is -0.481 e. The second-order valence-electron chi connectivity index (χ2n) is 5.57. The van der Waals surface area contributed by atoms with Gasteiger partial charge in [0.2, 0.25) is 0 Å². The molecule has 0 aliphatic carbocycles. The first-order chi connectivity index (χ1) is 12.1. The molecule has 6 heteroatoms. The standard InChI is InChI=1S/C19H16ClFN2O2/c1-23(11-14-15(20)7-3-8-16(14)21)18(24)12-25-17-9-2-5-13-6-4-10-22-19(13)17/h2-10H,11-12H2,1H3. The van der Waals surface area contributed by atoms with Crippen molar-refractivity contribution in [2.75, 3.05) is 13.7 Å². The van der Waals surface area contributed by atoms with Gasteiger partial charge in [0.05, 0.1) is 0 Å². The minimum atomic E-state index is -0.439. The lowest BCUT2D eigenvalue weighted by molar-refractivity contribution is -0.132. The third kappa shape index (κ3) is 3.88. The average molecular weight is 359 g/mol. The van der Waals surface area contributed by atoms with Gasteiger partial charge in [0.1, 0.15) is 17.1 Å². The highest BCUT2D eigenvalue weighted by atomic mass is 35.5. The van der Waals surface area contributed by atoms with Crippen LogP contribution < -0.4 is 4.74 Å². The number of hydrogen-bond donors (Lipinski definition) is 0. The summed E-state index contributed by atoms with van der Waals surface area (Å²) in [4.78, 5) is 18.0. The maximum atomic E-state index is 13.8. The van der Waals surface area contributed by atoms with Crippen LogP contribution in [0.1, 0.15) is 5.56 Å². The van der Waals surface area contributed by atoms with Crippen molar-refractivity contribution in [3.05, 3.63) is 71.1 Å². The number of hydrogen-bond acceptors (Lipinski definition) is 3. The third-order valence-electron chi connectivity index (χ3n) is 3.83. The summed E-state index contributed by atoms with van der Waals surface area (Å²) in [5, 5.41) is 1.22. The van der Waals surface area contributed by atoms with E-state index in [4.69, 9.17) is 16.3 Å². The number of carbonyl (C=O) groups excluding carboxylic acids is 1. The Bertz CT molecular complexity index is 891. The largest absolute Gasteiger partial charge is 0.481 e. The van der Waals surface area contributed by atoms with E-state index in [1.807, 2.05) is 24.3 Å². The molecule has 0 radical (unpaired) electrons. The maximum Gasteiger partial charge on any atom is 0.260 e. The number of amides is 1. The second-order valence-corrected chi connectivity index (χ2v) is 5.98. The minimum absolute atomic E-state index is 0.0709. The Labute approximate surface area is 149 Å². The molecule has 0 atom stereocenters. The summed E-state index contributed by atoms with van der Waals surface area (Å²) in [6.07, 6.45) is 1.67. The van der Waals surface area contributed by atoms with Crippen molar-refractivity contribution in [2.45, 2.75) is 6.54 Å². The predicted molar refractivity (Wildman–Crippen MR) is 95.1 cm³/mol. The van der Waals surface area contributed by atoms with Crippen molar-refractivity contribution < 1.29 is 13.9 Å². The summed E-state index contributed by atoms with van der Waals surface area (Å²) in [6, 6.07) is 13.7. The van der Waals surface area contributed by atoms with E-state index in [1.165, 1.54) is 17.0 Å². The molecule has 3 aromatic rings. The highest BCUT2D eigenvalue weighted by Crippen LogP contribution is 2.23. The lowest BCUT2D eigenvalue weighted by Gasteiger charge is -2.19. The van der Waals surface area contributed by atoms with Crippen molar-refractivity contribution in [3.8, 4) is 5.75 Å². The summed E-state index contributed by atoms with van der Waals surface area (Å²) in [5.41, 5.74) is 0.976. The summed E-state index contributed by atoms with van der Waals surface area (Å²) < 4.78 is 19.5. The third-order valence-corrected chi connectivity index (χ3v) is 4.18. The van der Waals surface area contributed by atoms with Gasteiger partial charge in [0.25, 0.3) is 5.91 Å². The molecule has 2 aromatic carbocycles. The number of likely N-dealkylation sites (N-methyl/N-ethyl adjacent to an activating group) is 1. The van der Waals surface area contributed by atoms with E-state index >= 15 is 0 Å². The van der Waals surface area contributed by atoms with E-state index in [-0.39, 0.29) is 24.6 Å². The number of pyridine rings is 1. The first-order valence-corrected chi connectivity index (χ1v) is 8.07. The van der Waals surface area contributed by atoms with Crippen LogP contribution in [0.15, 0.2) is 54.7 Å². The van der Waals surface area contributed by atoms with Crippen molar-refractivity contribution in [1.29, 1.82) is 0 Å². The van der Waals surface area contributed by atoms with Crippen molar-refractivity contribution in [3.63, 3.8) is 0 Å². The van der Waals surface area contributed by atoms with Gasteiger partial charge in [-0.05, 0) is 24.3 Å². The maximum absolute atomic E-state index is 13.8. The van der Waals surface area contributed by atoms with Gasteiger partial charge < -0.3 is 9.64 Å². The molecule has 25 heavy (non-hydrogen) atoms. The van der Waals surface area contributed by atoms with Crippen LogP contribution in [0.5, 0.6) is 5.75 Å². The van der Waals surface area contributed by atoms with Crippen LogP contribution in [0.2, 0.25) is 5.02 Å². The van der Waals surface area contributed by atoms with E-state index < -0.39 is 5.82 Å². The average Bonchev–Trinajstić information content (AvgIpc) is 2.62. The van der Waals surface area contributed by atoms with Crippen LogP contribution in [0, 0.1) is 5.82 Å². The van der Waals surface area contributed by atoms with Gasteiger partial charge >= 0.3 is 0 Å². The summed E-state index contributed by atoms with van der Waals surface area (Å²) in [7, 11) is 1.58. The van der Waals surface area contributed by atoms with Crippen LogP contribution in [0.3, 0.4) is 0 Å². The Morgan fingerprint density at radius 3 is 2.76 bits per heavy atom. The zero-order valence-electron chi connectivity index (χ0n) is 13.6. The van der Waals surface area contributed by atoms with Crippen LogP contribution in [0.4, 0.5) is 4.39 Å². The topological polar surface area (TPSA) is 42.4 Å². The number of ether oxygens (including phenoxy) is 1. The fraction of sp³-hybridized carbons (Fsp3) is 0.158. The SMILES string of the molecule is CN(Cc1c(F)cccc1Cl)C(=O)COc1cccc2cccnc12. The first kappa shape index (κ1) is 17.2. The van der Waals surface area contributed by atoms with Gasteiger partial charge in [-0.1, -0.05) is 35.9 Å². The quantitative estimate of drug-likeness (QED) is 0.690. The highest BCUT2D eigenvalue weighted by molar-refractivity contribution is 6.31. The molecule has 4 nitrogen and oxygen atoms in total. The van der Waals surface area contributed by atoms with E-state index in [9.17, 15) is 9.18 Å². The van der Waals surface area contributed by atoms with Gasteiger partial charge in [-0.25, -0.2) is 4.39 Å². The normalized spacial score (nSPS) is 10.7. The highest BCUT2D eigenvalue weighted by Gasteiger charge is 2.15. The molecule has 0 N–H and O–H groups in total. The van der Waals surface area contributed by atoms with Crippen molar-refractivity contribution in [2.24, 2.45) is 0 Å². The smallest absolute Gasteiger partial charge is 0.260 e. The Kier molecular flexibility index (Phi) is 5.14. The molecule has 128 valence electrons. The number of halogens is 2. The van der Waals surface area contributed by atoms with Crippen LogP contribution >= 0.6 is 11.6 Å². The Morgan fingerprint density at radius 1 is 1.20 bits per heavy atom. The number of para-hydroxylation sites is 1. The van der Waals surface area contributed by atoms with Crippen LogP contribution in [-0.2, 0) is 11.3 Å². The van der Waals surface area contributed by atoms with Gasteiger partial charge in [-0.15, -0.1) is 0 Å². The summed E-state index contributed by atoms with van der Waals surface area (Å²) in [5.74, 6) is -0.192. The van der Waals surface area contributed by atoms with Gasteiger partial charge in [-0.2, -0.15) is 0 Å². The number of aromatic nitrogens is 1. The van der Waals surface area contributed by atoms with Crippen molar-refractivity contribution in [1.82, 2.24) is 9.88 Å². The van der Waals surface area contributed by atoms with Crippen LogP contribution in [-0.4, -0.2) is 29.4 Å². The molecule has 0 bridgehead atoms. The van der Waals surface area contributed by atoms with Gasteiger partial charge in [0.15, 0.2) is 6.61 Å². The van der Waals surface area contributed by atoms with Crippen LogP contribution in [0.25, 0.3) is 10.9 Å². The zero-order chi connectivity index (χ0) is 17.8. The molecule has 0 fully saturated rings. The molecule has 0 spiro atoms. The molecule has 0 unspecified atom stereocenters. The number of benzene rings is 2. The molecule has 1 amide bonds. The van der Waals surface area contributed by atoms with Crippen molar-refractivity contribution >= 4 is 28.4 Å². The van der Waals surface area contributed by atoms with E-state index in [2.05, 4.69) is 4.98 Å². The fourth-order valence-corrected chi connectivity index (χ4v) is 2.67. The molecule has 0 saturated heterocycles. The number of nitrogens with zero attached hydrogens (tertiary/aromatic N) is 2. The Hall–Kier alpha value is -2.66. The molecule has 0 aliphatic heterocycles. The Balaban J connectivity index is 1.68. The predicted octanol–water partition coefficient (Wildman–Crippen LogP) is 4.06. The molecule has 1 heterocycles. The van der Waals surface area contributed by atoms with Gasteiger partial charge in [0, 0.05) is 35.8 Å². The number of rotatable bonds is 5. The number of carbonyl (C=O) groups is 1. The molecule has 0 aliphatic rings. The number of fused-ring (bicyclic) bond motifs is 1. The summed E-state index contributed by atoms with van der Waals surface area (Å²) in [6.45, 7) is -0.0975. The zero-order valence-corrected chi connectivity index (χ0v) is 14.3. The molecular weight excluding hydrogens is 343 g/mol. The lowest BCUT2D eigenvalue weighted by atomic mass is 10.2. The van der Waals surface area contributed by atoms with E-state index in [0.29, 0.717) is 16.3 Å².